The van der Waals surface area contributed by atoms with Crippen LogP contribution in [0.3, 0.4) is 0 Å². The highest BCUT2D eigenvalue weighted by Crippen LogP contribution is 1.62. The third-order valence-corrected chi connectivity index (χ3v) is 0.459. The van der Waals surface area contributed by atoms with Crippen LogP contribution in [-0.2, 0) is 4.84 Å². The third kappa shape index (κ3) is 6.93. The standard InChI is InChI=1S/C4H10N4O/c1-2-3-9-8-7-4(5)6/h2,8H,1,3H2,(H4,5,6,7). The Hall–Kier alpha value is -1.07. The first kappa shape index (κ1) is 7.93. The summed E-state index contributed by atoms with van der Waals surface area (Å²) in [5.41, 5.74) is 9.31. The number of hydrogen-bond acceptors (Lipinski definition) is 3. The Balaban J connectivity index is 2.91. The molecule has 9 heavy (non-hydrogen) atoms. The second kappa shape index (κ2) is 5.07. The molecule has 0 aromatic heterocycles. The molecular formula is C4H10N4O. The van der Waals surface area contributed by atoms with Gasteiger partial charge in [-0.3, -0.25) is 15.7 Å². The molecule has 0 radical (unpaired) electrons. The molecule has 0 aliphatic rings. The predicted molar refractivity (Wildman–Crippen MR) is 34.3 cm³/mol. The van der Waals surface area contributed by atoms with E-state index in [9.17, 15) is 0 Å². The molecule has 52 valence electrons. The van der Waals surface area contributed by atoms with Crippen molar-refractivity contribution in [3.63, 3.8) is 0 Å². The quantitative estimate of drug-likeness (QED) is 0.130. The molecule has 5 heteroatoms. The minimum Gasteiger partial charge on any atom is -0.369 e. The fraction of sp³-hybridized carbons (Fsp3) is 0.250. The minimum absolute atomic E-state index is 0.195. The fourth-order valence-electron chi connectivity index (χ4n) is 0.192. The first-order chi connectivity index (χ1) is 4.27. The SMILES string of the molecule is C=CCONNC(=N)N. The molecule has 0 unspecified atom stereocenters. The van der Waals surface area contributed by atoms with Gasteiger partial charge >= 0.3 is 0 Å². The molecule has 5 N–H and O–H groups in total. The zero-order valence-electron chi connectivity index (χ0n) is 4.98. The van der Waals surface area contributed by atoms with E-state index in [1.54, 1.807) is 6.08 Å². The lowest BCUT2D eigenvalue weighted by molar-refractivity contribution is 0.0452. The van der Waals surface area contributed by atoms with Crippen molar-refractivity contribution >= 4 is 5.96 Å². The summed E-state index contributed by atoms with van der Waals surface area (Å²) in [7, 11) is 0. The van der Waals surface area contributed by atoms with Gasteiger partial charge in [0.15, 0.2) is 0 Å². The maximum Gasteiger partial charge on any atom is 0.202 e. The number of nitrogens with one attached hydrogen (secondary N) is 3. The van der Waals surface area contributed by atoms with Crippen molar-refractivity contribution in [3.05, 3.63) is 12.7 Å². The van der Waals surface area contributed by atoms with Gasteiger partial charge in [-0.25, -0.2) is 0 Å². The van der Waals surface area contributed by atoms with Gasteiger partial charge in [0.25, 0.3) is 0 Å². The summed E-state index contributed by atoms with van der Waals surface area (Å²) in [6.45, 7) is 3.76. The molecule has 0 atom stereocenters. The van der Waals surface area contributed by atoms with E-state index in [0.29, 0.717) is 6.61 Å². The molecular weight excluding hydrogens is 120 g/mol. The highest BCUT2D eigenvalue weighted by Gasteiger charge is 1.80. The molecule has 0 fully saturated rings. The minimum atomic E-state index is -0.195. The van der Waals surface area contributed by atoms with Crippen LogP contribution in [0.15, 0.2) is 12.7 Å². The Bertz CT molecular complexity index is 103. The summed E-state index contributed by atoms with van der Waals surface area (Å²) in [6, 6.07) is 0. The predicted octanol–water partition coefficient (Wildman–Crippen LogP) is -0.908. The van der Waals surface area contributed by atoms with E-state index >= 15 is 0 Å². The van der Waals surface area contributed by atoms with Crippen LogP contribution in [0.2, 0.25) is 0 Å². The van der Waals surface area contributed by atoms with Crippen LogP contribution < -0.4 is 16.7 Å². The van der Waals surface area contributed by atoms with Crippen LogP contribution >= 0.6 is 0 Å². The van der Waals surface area contributed by atoms with Crippen LogP contribution in [0.1, 0.15) is 0 Å². The number of guanidine groups is 1. The van der Waals surface area contributed by atoms with Crippen molar-refractivity contribution in [2.75, 3.05) is 6.61 Å². The highest BCUT2D eigenvalue weighted by molar-refractivity contribution is 5.73. The van der Waals surface area contributed by atoms with E-state index < -0.39 is 0 Å². The molecule has 0 amide bonds. The van der Waals surface area contributed by atoms with Gasteiger partial charge < -0.3 is 5.73 Å². The van der Waals surface area contributed by atoms with E-state index in [1.807, 2.05) is 0 Å². The summed E-state index contributed by atoms with van der Waals surface area (Å²) in [6.07, 6.45) is 1.56. The number of nitrogens with two attached hydrogens (primary N) is 1. The van der Waals surface area contributed by atoms with Crippen LogP contribution in [0, 0.1) is 5.41 Å². The van der Waals surface area contributed by atoms with Crippen molar-refractivity contribution < 1.29 is 4.84 Å². The first-order valence-electron chi connectivity index (χ1n) is 2.35. The molecule has 0 bridgehead atoms. The first-order valence-corrected chi connectivity index (χ1v) is 2.35. The van der Waals surface area contributed by atoms with E-state index in [4.69, 9.17) is 11.1 Å². The lowest BCUT2D eigenvalue weighted by Gasteiger charge is -2.02. The zero-order chi connectivity index (χ0) is 7.11. The van der Waals surface area contributed by atoms with Crippen molar-refractivity contribution in [2.45, 2.75) is 0 Å². The number of hydrogen-bond donors (Lipinski definition) is 4. The van der Waals surface area contributed by atoms with Gasteiger partial charge in [-0.2, -0.15) is 0 Å². The summed E-state index contributed by atoms with van der Waals surface area (Å²) in [5.74, 6) is -0.195. The molecule has 0 aromatic carbocycles. The Kier molecular flexibility index (Phi) is 4.47. The van der Waals surface area contributed by atoms with Gasteiger partial charge in [0.1, 0.15) is 0 Å². The Morgan fingerprint density at radius 3 is 3.00 bits per heavy atom. The van der Waals surface area contributed by atoms with Crippen LogP contribution in [0.25, 0.3) is 0 Å². The molecule has 0 saturated heterocycles. The number of rotatable bonds is 4. The molecule has 0 heterocycles. The van der Waals surface area contributed by atoms with Gasteiger partial charge in [0.05, 0.1) is 6.61 Å². The van der Waals surface area contributed by atoms with Gasteiger partial charge in [-0.05, 0) is 0 Å². The molecule has 0 spiro atoms. The zero-order valence-corrected chi connectivity index (χ0v) is 4.98. The van der Waals surface area contributed by atoms with Crippen molar-refractivity contribution in [1.29, 1.82) is 5.41 Å². The van der Waals surface area contributed by atoms with E-state index in [0.717, 1.165) is 0 Å². The highest BCUT2D eigenvalue weighted by atomic mass is 16.7. The number of hydrazine groups is 1. The average Bonchev–Trinajstić information content (AvgIpc) is 1.80. The molecule has 0 saturated carbocycles. The monoisotopic (exact) mass is 130 g/mol. The Morgan fingerprint density at radius 2 is 2.56 bits per heavy atom. The van der Waals surface area contributed by atoms with Gasteiger partial charge in [0, 0.05) is 0 Å². The fourth-order valence-corrected chi connectivity index (χ4v) is 0.192. The maximum atomic E-state index is 6.63. The maximum absolute atomic E-state index is 6.63. The van der Waals surface area contributed by atoms with Crippen LogP contribution in [0.4, 0.5) is 0 Å². The second-order valence-corrected chi connectivity index (χ2v) is 1.24. The molecule has 0 aliphatic heterocycles. The Labute approximate surface area is 53.3 Å². The van der Waals surface area contributed by atoms with Gasteiger partial charge in [-0.15, -0.1) is 12.2 Å². The molecule has 5 nitrogen and oxygen atoms in total. The molecule has 0 rings (SSSR count). The largest absolute Gasteiger partial charge is 0.369 e. The topological polar surface area (TPSA) is 83.2 Å². The van der Waals surface area contributed by atoms with Crippen molar-refractivity contribution in [1.82, 2.24) is 11.0 Å². The summed E-state index contributed by atoms with van der Waals surface area (Å²) < 4.78 is 0. The van der Waals surface area contributed by atoms with Crippen LogP contribution in [0.5, 0.6) is 0 Å². The summed E-state index contributed by atoms with van der Waals surface area (Å²) in [4.78, 5) is 4.59. The average molecular weight is 130 g/mol. The van der Waals surface area contributed by atoms with E-state index in [1.165, 1.54) is 0 Å². The molecule has 0 aromatic rings. The normalized spacial score (nSPS) is 8.44. The lowest BCUT2D eigenvalue weighted by Crippen LogP contribution is -2.41. The summed E-state index contributed by atoms with van der Waals surface area (Å²) in [5, 5.41) is 6.63. The lowest BCUT2D eigenvalue weighted by atomic mass is 10.7. The molecule has 0 aliphatic carbocycles. The smallest absolute Gasteiger partial charge is 0.202 e. The van der Waals surface area contributed by atoms with Crippen molar-refractivity contribution in [3.8, 4) is 0 Å². The van der Waals surface area contributed by atoms with E-state index in [-0.39, 0.29) is 5.96 Å². The summed E-state index contributed by atoms with van der Waals surface area (Å²) >= 11 is 0. The van der Waals surface area contributed by atoms with Gasteiger partial charge in [-0.1, -0.05) is 6.08 Å². The van der Waals surface area contributed by atoms with Crippen molar-refractivity contribution in [2.24, 2.45) is 5.73 Å². The van der Waals surface area contributed by atoms with E-state index in [2.05, 4.69) is 22.4 Å². The second-order valence-electron chi connectivity index (χ2n) is 1.24. The third-order valence-electron chi connectivity index (χ3n) is 0.459. The Morgan fingerprint density at radius 1 is 1.89 bits per heavy atom. The van der Waals surface area contributed by atoms with Gasteiger partial charge in [0.2, 0.25) is 5.96 Å². The van der Waals surface area contributed by atoms with Crippen LogP contribution in [-0.4, -0.2) is 12.6 Å².